The molecule has 15 heavy (non-hydrogen) atoms. The minimum Gasteiger partial charge on any atom is -0.314 e. The van der Waals surface area contributed by atoms with Crippen LogP contribution in [-0.4, -0.2) is 35.6 Å². The van der Waals surface area contributed by atoms with Gasteiger partial charge in [0.2, 0.25) is 0 Å². The van der Waals surface area contributed by atoms with Gasteiger partial charge in [-0.05, 0) is 13.0 Å². The number of nitrogens with one attached hydrogen (secondary N) is 1. The fraction of sp³-hybridized carbons (Fsp3) is 0.700. The van der Waals surface area contributed by atoms with Crippen LogP contribution in [0, 0.1) is 0 Å². The van der Waals surface area contributed by atoms with Crippen LogP contribution in [0.3, 0.4) is 0 Å². The summed E-state index contributed by atoms with van der Waals surface area (Å²) in [5, 5.41) is 4.43. The molecule has 0 amide bonds. The van der Waals surface area contributed by atoms with Crippen LogP contribution in [0.25, 0.3) is 0 Å². The second-order valence-corrected chi connectivity index (χ2v) is 5.59. The van der Waals surface area contributed by atoms with E-state index in [1.165, 1.54) is 6.42 Å². The second-order valence-electron chi connectivity index (χ2n) is 3.84. The third-order valence-corrected chi connectivity index (χ3v) is 3.75. The molecule has 0 aliphatic carbocycles. The van der Waals surface area contributed by atoms with Gasteiger partial charge in [-0.2, -0.15) is 0 Å². The maximum Gasteiger partial charge on any atom is 0.113 e. The van der Waals surface area contributed by atoms with E-state index >= 15 is 0 Å². The molecule has 3 nitrogen and oxygen atoms in total. The molecule has 2 heterocycles. The van der Waals surface area contributed by atoms with Crippen LogP contribution in [0.1, 0.15) is 18.4 Å². The van der Waals surface area contributed by atoms with Gasteiger partial charge >= 0.3 is 0 Å². The highest BCUT2D eigenvalue weighted by atomic mass is 35.5. The van der Waals surface area contributed by atoms with Crippen LogP contribution in [0.2, 0.25) is 4.34 Å². The normalized spacial score (nSPS) is 17.0. The molecule has 1 saturated heterocycles. The molecule has 1 aromatic rings. The highest BCUT2D eigenvalue weighted by molar-refractivity contribution is 7.15. The first-order chi connectivity index (χ1) is 7.29. The standard InChI is InChI=1S/C10H16ClN3S/c1-2-3-14(8-4-12-5-8)7-10-13-6-9(11)15-10/h6,8,12H,2-5,7H2,1H3. The molecule has 0 saturated carbocycles. The van der Waals surface area contributed by atoms with Crippen LogP contribution in [0.4, 0.5) is 0 Å². The van der Waals surface area contributed by atoms with Gasteiger partial charge in [0.05, 0.1) is 12.7 Å². The summed E-state index contributed by atoms with van der Waals surface area (Å²) >= 11 is 7.46. The first kappa shape index (κ1) is 11.3. The third kappa shape index (κ3) is 2.91. The smallest absolute Gasteiger partial charge is 0.113 e. The highest BCUT2D eigenvalue weighted by Gasteiger charge is 2.24. The SMILES string of the molecule is CCCN(Cc1ncc(Cl)s1)C1CNC1. The molecule has 1 aromatic heterocycles. The molecule has 1 fully saturated rings. The van der Waals surface area contributed by atoms with E-state index in [2.05, 4.69) is 22.1 Å². The molecule has 1 N–H and O–H groups in total. The lowest BCUT2D eigenvalue weighted by Gasteiger charge is -2.37. The van der Waals surface area contributed by atoms with Crippen molar-refractivity contribution in [2.24, 2.45) is 0 Å². The van der Waals surface area contributed by atoms with Crippen molar-refractivity contribution in [3.8, 4) is 0 Å². The van der Waals surface area contributed by atoms with Crippen LogP contribution in [0.5, 0.6) is 0 Å². The van der Waals surface area contributed by atoms with Gasteiger partial charge in [-0.15, -0.1) is 11.3 Å². The van der Waals surface area contributed by atoms with Crippen molar-refractivity contribution in [2.45, 2.75) is 25.9 Å². The summed E-state index contributed by atoms with van der Waals surface area (Å²) < 4.78 is 0.785. The molecule has 0 bridgehead atoms. The van der Waals surface area contributed by atoms with E-state index in [9.17, 15) is 0 Å². The number of hydrogen-bond donors (Lipinski definition) is 1. The highest BCUT2D eigenvalue weighted by Crippen LogP contribution is 2.21. The number of hydrogen-bond acceptors (Lipinski definition) is 4. The number of nitrogens with zero attached hydrogens (tertiary/aromatic N) is 2. The van der Waals surface area contributed by atoms with Gasteiger partial charge in [-0.1, -0.05) is 18.5 Å². The zero-order valence-corrected chi connectivity index (χ0v) is 10.4. The monoisotopic (exact) mass is 245 g/mol. The van der Waals surface area contributed by atoms with Crippen LogP contribution < -0.4 is 5.32 Å². The van der Waals surface area contributed by atoms with Crippen molar-refractivity contribution in [3.63, 3.8) is 0 Å². The largest absolute Gasteiger partial charge is 0.314 e. The molecule has 0 radical (unpaired) electrons. The van der Waals surface area contributed by atoms with Gasteiger partial charge in [0.15, 0.2) is 0 Å². The van der Waals surface area contributed by atoms with Gasteiger partial charge in [0.1, 0.15) is 9.34 Å². The van der Waals surface area contributed by atoms with Crippen molar-refractivity contribution < 1.29 is 0 Å². The number of thiazole rings is 1. The summed E-state index contributed by atoms with van der Waals surface area (Å²) in [6, 6.07) is 0.688. The average Bonchev–Trinajstić information content (AvgIpc) is 2.48. The van der Waals surface area contributed by atoms with Gasteiger partial charge in [0.25, 0.3) is 0 Å². The Balaban J connectivity index is 1.93. The Morgan fingerprint density at radius 2 is 2.47 bits per heavy atom. The Morgan fingerprint density at radius 3 is 2.93 bits per heavy atom. The summed E-state index contributed by atoms with van der Waals surface area (Å²) in [6.07, 6.45) is 2.93. The molecular formula is C10H16ClN3S. The molecule has 84 valence electrons. The van der Waals surface area contributed by atoms with E-state index in [4.69, 9.17) is 11.6 Å². The minimum absolute atomic E-state index is 0.688. The topological polar surface area (TPSA) is 28.2 Å². The molecule has 1 aliphatic rings. The minimum atomic E-state index is 0.688. The maximum absolute atomic E-state index is 5.87. The van der Waals surface area contributed by atoms with Crippen LogP contribution >= 0.6 is 22.9 Å². The summed E-state index contributed by atoms with van der Waals surface area (Å²) in [5.41, 5.74) is 0. The lowest BCUT2D eigenvalue weighted by atomic mass is 10.1. The average molecular weight is 246 g/mol. The lowest BCUT2D eigenvalue weighted by Crippen LogP contribution is -2.56. The van der Waals surface area contributed by atoms with E-state index in [0.717, 1.165) is 35.5 Å². The first-order valence-electron chi connectivity index (χ1n) is 5.34. The van der Waals surface area contributed by atoms with E-state index in [1.54, 1.807) is 17.5 Å². The predicted octanol–water partition coefficient (Wildman–Crippen LogP) is 1.98. The van der Waals surface area contributed by atoms with Crippen molar-refractivity contribution in [3.05, 3.63) is 15.5 Å². The summed E-state index contributed by atoms with van der Waals surface area (Å²) in [4.78, 5) is 6.79. The Morgan fingerprint density at radius 1 is 1.67 bits per heavy atom. The van der Waals surface area contributed by atoms with E-state index in [-0.39, 0.29) is 0 Å². The third-order valence-electron chi connectivity index (χ3n) is 2.65. The molecule has 0 unspecified atom stereocenters. The first-order valence-corrected chi connectivity index (χ1v) is 6.54. The molecule has 0 aromatic carbocycles. The van der Waals surface area contributed by atoms with E-state index in [1.807, 2.05) is 0 Å². The Labute approximate surface area is 99.5 Å². The number of rotatable bonds is 5. The van der Waals surface area contributed by atoms with Crippen molar-refractivity contribution in [1.29, 1.82) is 0 Å². The molecule has 0 atom stereocenters. The van der Waals surface area contributed by atoms with Crippen LogP contribution in [-0.2, 0) is 6.54 Å². The van der Waals surface area contributed by atoms with E-state index in [0.29, 0.717) is 6.04 Å². The van der Waals surface area contributed by atoms with Crippen molar-refractivity contribution in [2.75, 3.05) is 19.6 Å². The molecule has 5 heteroatoms. The molecule has 2 rings (SSSR count). The number of halogens is 1. The van der Waals surface area contributed by atoms with Crippen molar-refractivity contribution >= 4 is 22.9 Å². The Bertz CT molecular complexity index is 311. The maximum atomic E-state index is 5.87. The number of aromatic nitrogens is 1. The lowest BCUT2D eigenvalue weighted by molar-refractivity contribution is 0.137. The predicted molar refractivity (Wildman–Crippen MR) is 64.5 cm³/mol. The quantitative estimate of drug-likeness (QED) is 0.860. The second kappa shape index (κ2) is 5.25. The van der Waals surface area contributed by atoms with Crippen molar-refractivity contribution in [1.82, 2.24) is 15.2 Å². The Hall–Kier alpha value is -0.160. The Kier molecular flexibility index (Phi) is 3.97. The van der Waals surface area contributed by atoms with Gasteiger partial charge < -0.3 is 5.32 Å². The summed E-state index contributed by atoms with van der Waals surface area (Å²) in [7, 11) is 0. The zero-order chi connectivity index (χ0) is 10.7. The van der Waals surface area contributed by atoms with Crippen LogP contribution in [0.15, 0.2) is 6.20 Å². The van der Waals surface area contributed by atoms with E-state index < -0.39 is 0 Å². The summed E-state index contributed by atoms with van der Waals surface area (Å²) in [6.45, 7) is 6.52. The molecule has 1 aliphatic heterocycles. The molecular weight excluding hydrogens is 230 g/mol. The fourth-order valence-electron chi connectivity index (χ4n) is 1.74. The zero-order valence-electron chi connectivity index (χ0n) is 8.87. The molecule has 0 spiro atoms. The van der Waals surface area contributed by atoms with Gasteiger partial charge in [0, 0.05) is 19.1 Å². The summed E-state index contributed by atoms with van der Waals surface area (Å²) in [5.74, 6) is 0. The van der Waals surface area contributed by atoms with Gasteiger partial charge in [-0.3, -0.25) is 4.90 Å². The fourth-order valence-corrected chi connectivity index (χ4v) is 2.73. The van der Waals surface area contributed by atoms with Gasteiger partial charge in [-0.25, -0.2) is 4.98 Å².